The van der Waals surface area contributed by atoms with Crippen LogP contribution in [0, 0.1) is 0 Å². The largest absolute Gasteiger partial charge is 0.449 e. The fraction of sp³-hybridized carbons (Fsp3) is 0.545. The van der Waals surface area contributed by atoms with Crippen LogP contribution in [-0.2, 0) is 10.9 Å². The molecule has 1 saturated heterocycles. The lowest BCUT2D eigenvalue weighted by Gasteiger charge is -2.16. The van der Waals surface area contributed by atoms with Crippen LogP contribution < -0.4 is 5.56 Å². The number of hydrogen-bond donors (Lipinski definition) is 4. The first-order valence-corrected chi connectivity index (χ1v) is 6.41. The van der Waals surface area contributed by atoms with Crippen molar-refractivity contribution in [2.75, 3.05) is 6.61 Å². The topological polar surface area (TPSA) is 133 Å². The molecule has 0 amide bonds. The van der Waals surface area contributed by atoms with Crippen LogP contribution in [0.25, 0.3) is 11.0 Å². The predicted molar refractivity (Wildman–Crippen MR) is 66.2 cm³/mol. The Labute approximate surface area is 124 Å². The van der Waals surface area contributed by atoms with Crippen molar-refractivity contribution in [1.29, 1.82) is 0 Å². The minimum Gasteiger partial charge on any atom is -0.394 e. The second-order valence-corrected chi connectivity index (χ2v) is 4.97. The van der Waals surface area contributed by atoms with E-state index in [1.807, 2.05) is 0 Å². The van der Waals surface area contributed by atoms with Crippen molar-refractivity contribution < 1.29 is 33.2 Å². The molecule has 2 aromatic heterocycles. The number of alkyl halides is 3. The third-order valence-corrected chi connectivity index (χ3v) is 3.49. The SMILES string of the molecule is O=c1[nH]c(C(F)(F)F)nc2c1cnn2[C@@H]1O[C@H](CO)[C@@H](O)[C@H]1O. The molecular formula is C11H11F3N4O5. The Kier molecular flexibility index (Phi) is 3.63. The Bertz CT molecular complexity index is 788. The average Bonchev–Trinajstić information content (AvgIpc) is 3.01. The smallest absolute Gasteiger partial charge is 0.394 e. The number of aliphatic hydroxyl groups is 3. The maximum Gasteiger partial charge on any atom is 0.449 e. The Balaban J connectivity index is 2.12. The predicted octanol–water partition coefficient (Wildman–Crippen LogP) is -1.25. The Morgan fingerprint density at radius 1 is 1.35 bits per heavy atom. The van der Waals surface area contributed by atoms with Crippen molar-refractivity contribution in [1.82, 2.24) is 19.7 Å². The van der Waals surface area contributed by atoms with E-state index < -0.39 is 54.4 Å². The highest BCUT2D eigenvalue weighted by Gasteiger charge is 2.45. The van der Waals surface area contributed by atoms with Gasteiger partial charge in [0.2, 0.25) is 5.82 Å². The van der Waals surface area contributed by atoms with E-state index in [4.69, 9.17) is 9.84 Å². The van der Waals surface area contributed by atoms with Crippen molar-refractivity contribution in [3.05, 3.63) is 22.4 Å². The normalized spacial score (nSPS) is 28.6. The third-order valence-electron chi connectivity index (χ3n) is 3.49. The molecule has 126 valence electrons. The summed E-state index contributed by atoms with van der Waals surface area (Å²) in [5, 5.41) is 32.1. The monoisotopic (exact) mass is 336 g/mol. The zero-order valence-corrected chi connectivity index (χ0v) is 11.2. The number of halogens is 3. The highest BCUT2D eigenvalue weighted by Crippen LogP contribution is 2.31. The van der Waals surface area contributed by atoms with Gasteiger partial charge in [0.1, 0.15) is 23.7 Å². The van der Waals surface area contributed by atoms with Crippen LogP contribution in [0.2, 0.25) is 0 Å². The van der Waals surface area contributed by atoms with Gasteiger partial charge >= 0.3 is 6.18 Å². The highest BCUT2D eigenvalue weighted by molar-refractivity contribution is 5.73. The summed E-state index contributed by atoms with van der Waals surface area (Å²) >= 11 is 0. The van der Waals surface area contributed by atoms with Crippen molar-refractivity contribution >= 4 is 11.0 Å². The van der Waals surface area contributed by atoms with E-state index in [0.717, 1.165) is 10.9 Å². The van der Waals surface area contributed by atoms with Gasteiger partial charge in [-0.15, -0.1) is 0 Å². The molecule has 0 spiro atoms. The van der Waals surface area contributed by atoms with Crippen LogP contribution in [0.15, 0.2) is 11.0 Å². The molecule has 0 aromatic carbocycles. The van der Waals surface area contributed by atoms with Gasteiger partial charge in [0.25, 0.3) is 5.56 Å². The van der Waals surface area contributed by atoms with Gasteiger partial charge in [-0.05, 0) is 0 Å². The van der Waals surface area contributed by atoms with Gasteiger partial charge in [0.15, 0.2) is 11.9 Å². The molecular weight excluding hydrogens is 325 g/mol. The summed E-state index contributed by atoms with van der Waals surface area (Å²) in [5.41, 5.74) is -1.52. The zero-order valence-electron chi connectivity index (χ0n) is 11.2. The van der Waals surface area contributed by atoms with E-state index in [0.29, 0.717) is 0 Å². The molecule has 0 unspecified atom stereocenters. The average molecular weight is 336 g/mol. The number of fused-ring (bicyclic) bond motifs is 1. The van der Waals surface area contributed by atoms with Crippen LogP contribution in [-0.4, -0.2) is 60.0 Å². The number of nitrogens with one attached hydrogen (secondary N) is 1. The van der Waals surface area contributed by atoms with Gasteiger partial charge in [-0.3, -0.25) is 4.79 Å². The maximum atomic E-state index is 12.8. The van der Waals surface area contributed by atoms with Gasteiger partial charge < -0.3 is 25.0 Å². The highest BCUT2D eigenvalue weighted by atomic mass is 19.4. The van der Waals surface area contributed by atoms with E-state index in [1.54, 1.807) is 4.98 Å². The molecule has 4 atom stereocenters. The lowest BCUT2D eigenvalue weighted by molar-refractivity contribution is -0.145. The number of H-pyrrole nitrogens is 1. The fourth-order valence-electron chi connectivity index (χ4n) is 2.34. The van der Waals surface area contributed by atoms with Crippen LogP contribution in [0.4, 0.5) is 13.2 Å². The number of aromatic nitrogens is 4. The fourth-order valence-corrected chi connectivity index (χ4v) is 2.34. The number of ether oxygens (including phenoxy) is 1. The number of rotatable bonds is 2. The van der Waals surface area contributed by atoms with Gasteiger partial charge in [-0.1, -0.05) is 0 Å². The molecule has 3 rings (SSSR count). The first kappa shape index (κ1) is 15.9. The molecule has 4 N–H and O–H groups in total. The summed E-state index contributed by atoms with van der Waals surface area (Å²) in [6.07, 6.45) is -9.48. The van der Waals surface area contributed by atoms with Gasteiger partial charge in [0.05, 0.1) is 12.8 Å². The second-order valence-electron chi connectivity index (χ2n) is 4.97. The van der Waals surface area contributed by atoms with Crippen molar-refractivity contribution in [3.8, 4) is 0 Å². The van der Waals surface area contributed by atoms with Crippen molar-refractivity contribution in [3.63, 3.8) is 0 Å². The van der Waals surface area contributed by atoms with Crippen molar-refractivity contribution in [2.24, 2.45) is 0 Å². The first-order chi connectivity index (χ1) is 10.7. The molecule has 0 aliphatic carbocycles. The molecule has 9 nitrogen and oxygen atoms in total. The number of aliphatic hydroxyl groups excluding tert-OH is 3. The lowest BCUT2D eigenvalue weighted by atomic mass is 10.1. The van der Waals surface area contributed by atoms with Crippen LogP contribution in [0.3, 0.4) is 0 Å². The Morgan fingerprint density at radius 2 is 2.04 bits per heavy atom. The summed E-state index contributed by atoms with van der Waals surface area (Å²) in [6.45, 7) is -0.615. The number of nitrogens with zero attached hydrogens (tertiary/aromatic N) is 3. The van der Waals surface area contributed by atoms with Crippen LogP contribution in [0.1, 0.15) is 12.1 Å². The first-order valence-electron chi connectivity index (χ1n) is 6.41. The molecule has 1 aliphatic heterocycles. The molecule has 2 aromatic rings. The number of aromatic amines is 1. The van der Waals surface area contributed by atoms with E-state index in [-0.39, 0.29) is 5.39 Å². The van der Waals surface area contributed by atoms with E-state index >= 15 is 0 Å². The van der Waals surface area contributed by atoms with Gasteiger partial charge in [0, 0.05) is 0 Å². The zero-order chi connectivity index (χ0) is 16.9. The minimum absolute atomic E-state index is 0.240. The standard InChI is InChI=1S/C11H11F3N4O5/c12-11(13,14)10-16-7-3(8(22)17-10)1-15-18(7)9-6(21)5(20)4(2-19)23-9/h1,4-6,9,19-21H,2H2,(H,16,17,22)/t4-,5-,6-,9-/m1/s1. The molecule has 1 fully saturated rings. The summed E-state index contributed by atoms with van der Waals surface area (Å²) in [5.74, 6) is -1.52. The Morgan fingerprint density at radius 3 is 2.61 bits per heavy atom. The molecule has 0 radical (unpaired) electrons. The van der Waals surface area contributed by atoms with Crippen LogP contribution >= 0.6 is 0 Å². The molecule has 0 saturated carbocycles. The van der Waals surface area contributed by atoms with E-state index in [1.165, 1.54) is 0 Å². The third kappa shape index (κ3) is 2.49. The molecule has 23 heavy (non-hydrogen) atoms. The molecule has 1 aliphatic rings. The molecule has 12 heteroatoms. The molecule has 0 bridgehead atoms. The number of hydrogen-bond acceptors (Lipinski definition) is 7. The van der Waals surface area contributed by atoms with E-state index in [9.17, 15) is 28.2 Å². The Hall–Kier alpha value is -2.02. The lowest BCUT2D eigenvalue weighted by Crippen LogP contribution is -2.33. The van der Waals surface area contributed by atoms with Gasteiger partial charge in [-0.2, -0.15) is 18.3 Å². The minimum atomic E-state index is -4.88. The van der Waals surface area contributed by atoms with Crippen molar-refractivity contribution in [2.45, 2.75) is 30.7 Å². The molecule has 3 heterocycles. The summed E-state index contributed by atoms with van der Waals surface area (Å²) in [7, 11) is 0. The summed E-state index contributed by atoms with van der Waals surface area (Å²) in [4.78, 5) is 16.6. The van der Waals surface area contributed by atoms with Crippen LogP contribution in [0.5, 0.6) is 0 Å². The second kappa shape index (κ2) is 5.26. The summed E-state index contributed by atoms with van der Waals surface area (Å²) in [6, 6.07) is 0. The maximum absolute atomic E-state index is 12.8. The summed E-state index contributed by atoms with van der Waals surface area (Å²) < 4.78 is 44.2. The van der Waals surface area contributed by atoms with Gasteiger partial charge in [-0.25, -0.2) is 9.67 Å². The van der Waals surface area contributed by atoms with E-state index in [2.05, 4.69) is 10.1 Å². The quantitative estimate of drug-likeness (QED) is 0.538.